The minimum absolute atomic E-state index is 0.0222. The average Bonchev–Trinajstić information content (AvgIpc) is 2.81. The summed E-state index contributed by atoms with van der Waals surface area (Å²) < 4.78 is 5.61. The lowest BCUT2D eigenvalue weighted by molar-refractivity contribution is -0.134. The van der Waals surface area contributed by atoms with E-state index in [0.29, 0.717) is 12.4 Å². The molecule has 0 bridgehead atoms. The van der Waals surface area contributed by atoms with E-state index in [-0.39, 0.29) is 17.9 Å². The fourth-order valence-corrected chi connectivity index (χ4v) is 2.23. The summed E-state index contributed by atoms with van der Waals surface area (Å²) in [4.78, 5) is 13.4. The van der Waals surface area contributed by atoms with Gasteiger partial charge in [-0.05, 0) is 24.5 Å². The Bertz CT molecular complexity index is 406. The number of hydrogen-bond acceptors (Lipinski definition) is 5. The second-order valence-electron chi connectivity index (χ2n) is 4.48. The third-order valence-electron chi connectivity index (χ3n) is 3.15. The van der Waals surface area contributed by atoms with Crippen LogP contribution in [0.2, 0.25) is 0 Å². The molecule has 0 aliphatic carbocycles. The fourth-order valence-electron chi connectivity index (χ4n) is 2.23. The summed E-state index contributed by atoms with van der Waals surface area (Å²) in [5, 5.41) is 14.4. The molecule has 2 heterocycles. The van der Waals surface area contributed by atoms with Crippen molar-refractivity contribution in [2.75, 3.05) is 6.61 Å². The monoisotopic (exact) mass is 253 g/mol. The number of rotatable bonds is 4. The summed E-state index contributed by atoms with van der Waals surface area (Å²) in [5.41, 5.74) is 0. The van der Waals surface area contributed by atoms with Gasteiger partial charge in [0.2, 0.25) is 5.91 Å². The van der Waals surface area contributed by atoms with Crippen LogP contribution in [0.1, 0.15) is 32.0 Å². The van der Waals surface area contributed by atoms with Crippen LogP contribution in [-0.4, -0.2) is 38.8 Å². The highest BCUT2D eigenvalue weighted by atomic mass is 16.5. The van der Waals surface area contributed by atoms with Gasteiger partial charge < -0.3 is 10.1 Å². The summed E-state index contributed by atoms with van der Waals surface area (Å²) in [5.74, 6) is 0.491. The van der Waals surface area contributed by atoms with Crippen molar-refractivity contribution in [3.05, 3.63) is 5.82 Å². The van der Waals surface area contributed by atoms with E-state index in [1.807, 2.05) is 6.92 Å². The minimum atomic E-state index is -0.0552. The Balaban J connectivity index is 1.86. The molecule has 1 fully saturated rings. The van der Waals surface area contributed by atoms with Gasteiger partial charge in [-0.15, -0.1) is 10.2 Å². The second kappa shape index (κ2) is 5.90. The van der Waals surface area contributed by atoms with E-state index < -0.39 is 0 Å². The average molecular weight is 253 g/mol. The molecule has 1 saturated heterocycles. The van der Waals surface area contributed by atoms with Crippen molar-refractivity contribution in [1.82, 2.24) is 25.5 Å². The Labute approximate surface area is 106 Å². The zero-order valence-electron chi connectivity index (χ0n) is 10.8. The lowest BCUT2D eigenvalue weighted by Gasteiger charge is -2.29. The Morgan fingerprint density at radius 1 is 1.61 bits per heavy atom. The second-order valence-corrected chi connectivity index (χ2v) is 4.48. The molecule has 1 aromatic rings. The van der Waals surface area contributed by atoms with Gasteiger partial charge in [0.1, 0.15) is 0 Å². The summed E-state index contributed by atoms with van der Waals surface area (Å²) >= 11 is 0. The molecule has 1 aromatic heterocycles. The maximum Gasteiger partial charge on any atom is 0.226 e. The number of tetrazole rings is 1. The molecule has 0 radical (unpaired) electrons. The van der Waals surface area contributed by atoms with E-state index in [0.717, 1.165) is 25.9 Å². The number of aryl methyl sites for hydroxylation is 1. The molecule has 1 amide bonds. The molecule has 1 N–H and O–H groups in total. The number of aromatic nitrogens is 4. The molecular weight excluding hydrogens is 234 g/mol. The molecule has 2 rings (SSSR count). The molecule has 1 aliphatic rings. The first-order valence-corrected chi connectivity index (χ1v) is 6.33. The summed E-state index contributed by atoms with van der Waals surface area (Å²) in [6.45, 7) is 3.12. The third kappa shape index (κ3) is 3.04. The van der Waals surface area contributed by atoms with Crippen molar-refractivity contribution in [3.63, 3.8) is 0 Å². The van der Waals surface area contributed by atoms with Crippen molar-refractivity contribution in [2.45, 2.75) is 38.8 Å². The van der Waals surface area contributed by atoms with E-state index in [4.69, 9.17) is 4.74 Å². The van der Waals surface area contributed by atoms with Crippen LogP contribution < -0.4 is 5.32 Å². The Morgan fingerprint density at radius 3 is 3.11 bits per heavy atom. The van der Waals surface area contributed by atoms with Crippen LogP contribution in [0.25, 0.3) is 0 Å². The highest BCUT2D eigenvalue weighted by Crippen LogP contribution is 2.23. The molecule has 7 heteroatoms. The van der Waals surface area contributed by atoms with Crippen molar-refractivity contribution >= 4 is 5.91 Å². The normalized spacial score (nSPS) is 23.9. The van der Waals surface area contributed by atoms with Gasteiger partial charge in [-0.25, -0.2) is 0 Å². The first kappa shape index (κ1) is 12.9. The molecule has 7 nitrogen and oxygen atoms in total. The maximum absolute atomic E-state index is 12.1. The van der Waals surface area contributed by atoms with Gasteiger partial charge in [-0.2, -0.15) is 4.80 Å². The topological polar surface area (TPSA) is 81.9 Å². The van der Waals surface area contributed by atoms with Crippen molar-refractivity contribution in [3.8, 4) is 0 Å². The Hall–Kier alpha value is -1.50. The predicted molar refractivity (Wildman–Crippen MR) is 63.4 cm³/mol. The van der Waals surface area contributed by atoms with Crippen LogP contribution >= 0.6 is 0 Å². The lowest BCUT2D eigenvalue weighted by Crippen LogP contribution is -2.41. The standard InChI is InChI=1S/C11H19N5O2/c1-3-9-8(5-4-6-18-9)11(17)12-7-10-13-15-16(2)14-10/h8-9H,3-7H2,1-2H3,(H,12,17)/t8-,9-/m0/s1. The van der Waals surface area contributed by atoms with Crippen LogP contribution in [0, 0.1) is 5.92 Å². The number of ether oxygens (including phenoxy) is 1. The van der Waals surface area contributed by atoms with Gasteiger partial charge in [0.05, 0.1) is 25.6 Å². The van der Waals surface area contributed by atoms with E-state index in [1.165, 1.54) is 4.80 Å². The zero-order chi connectivity index (χ0) is 13.0. The van der Waals surface area contributed by atoms with Gasteiger partial charge >= 0.3 is 0 Å². The molecule has 18 heavy (non-hydrogen) atoms. The Kier molecular flexibility index (Phi) is 4.24. The van der Waals surface area contributed by atoms with Crippen LogP contribution in [0.3, 0.4) is 0 Å². The third-order valence-corrected chi connectivity index (χ3v) is 3.15. The molecule has 0 unspecified atom stereocenters. The predicted octanol–water partition coefficient (Wildman–Crippen LogP) is 0.0315. The molecule has 0 spiro atoms. The SMILES string of the molecule is CC[C@@H]1OCCC[C@@H]1C(=O)NCc1nnn(C)n1. The van der Waals surface area contributed by atoms with Gasteiger partial charge in [0.15, 0.2) is 5.82 Å². The van der Waals surface area contributed by atoms with Crippen molar-refractivity contribution < 1.29 is 9.53 Å². The first-order chi connectivity index (χ1) is 8.70. The fraction of sp³-hybridized carbons (Fsp3) is 0.818. The molecule has 0 aromatic carbocycles. The smallest absolute Gasteiger partial charge is 0.226 e. The number of nitrogens with zero attached hydrogens (tertiary/aromatic N) is 4. The number of nitrogens with one attached hydrogen (secondary N) is 1. The van der Waals surface area contributed by atoms with Crippen LogP contribution in [0.4, 0.5) is 0 Å². The van der Waals surface area contributed by atoms with Crippen molar-refractivity contribution in [1.29, 1.82) is 0 Å². The highest BCUT2D eigenvalue weighted by molar-refractivity contribution is 5.79. The number of hydrogen-bond donors (Lipinski definition) is 1. The van der Waals surface area contributed by atoms with Gasteiger partial charge in [0.25, 0.3) is 0 Å². The molecule has 2 atom stereocenters. The molecular formula is C11H19N5O2. The zero-order valence-corrected chi connectivity index (χ0v) is 10.8. The van der Waals surface area contributed by atoms with Gasteiger partial charge in [-0.1, -0.05) is 6.92 Å². The summed E-state index contributed by atoms with van der Waals surface area (Å²) in [7, 11) is 1.69. The van der Waals surface area contributed by atoms with Crippen molar-refractivity contribution in [2.24, 2.45) is 13.0 Å². The quantitative estimate of drug-likeness (QED) is 0.818. The first-order valence-electron chi connectivity index (χ1n) is 6.33. The van der Waals surface area contributed by atoms with Gasteiger partial charge in [-0.3, -0.25) is 4.79 Å². The number of carbonyl (C=O) groups is 1. The van der Waals surface area contributed by atoms with E-state index >= 15 is 0 Å². The molecule has 100 valence electrons. The van der Waals surface area contributed by atoms with E-state index in [2.05, 4.69) is 20.7 Å². The lowest BCUT2D eigenvalue weighted by atomic mass is 9.92. The van der Waals surface area contributed by atoms with E-state index in [9.17, 15) is 4.79 Å². The summed E-state index contributed by atoms with van der Waals surface area (Å²) in [6.07, 6.45) is 2.73. The highest BCUT2D eigenvalue weighted by Gasteiger charge is 2.30. The minimum Gasteiger partial charge on any atom is -0.377 e. The maximum atomic E-state index is 12.1. The number of amides is 1. The largest absolute Gasteiger partial charge is 0.377 e. The molecule has 1 aliphatic heterocycles. The van der Waals surface area contributed by atoms with Crippen LogP contribution in [0.5, 0.6) is 0 Å². The van der Waals surface area contributed by atoms with E-state index in [1.54, 1.807) is 7.05 Å². The molecule has 0 saturated carbocycles. The summed E-state index contributed by atoms with van der Waals surface area (Å²) in [6, 6.07) is 0. The van der Waals surface area contributed by atoms with Crippen LogP contribution in [-0.2, 0) is 23.1 Å². The number of carbonyl (C=O) groups excluding carboxylic acids is 1. The van der Waals surface area contributed by atoms with Gasteiger partial charge in [0, 0.05) is 6.61 Å². The van der Waals surface area contributed by atoms with Crippen LogP contribution in [0.15, 0.2) is 0 Å². The Morgan fingerprint density at radius 2 is 2.44 bits per heavy atom.